The number of nitrogens with two attached hydrogens (primary N) is 1. The maximum absolute atomic E-state index is 6.11. The van der Waals surface area contributed by atoms with Crippen LogP contribution in [0.25, 0.3) is 10.8 Å². The number of anilines is 2. The minimum absolute atomic E-state index is 0.804. The van der Waals surface area contributed by atoms with Gasteiger partial charge in [0.15, 0.2) is 0 Å². The molecule has 1 aromatic heterocycles. The second-order valence-electron chi connectivity index (χ2n) is 4.39. The molecule has 3 rings (SSSR count). The number of halogens is 1. The summed E-state index contributed by atoms with van der Waals surface area (Å²) in [5.74, 6) is 1.03. The van der Waals surface area contributed by atoms with Gasteiger partial charge in [0.25, 0.3) is 0 Å². The van der Waals surface area contributed by atoms with Crippen LogP contribution in [0.3, 0.4) is 0 Å². The Kier molecular flexibility index (Phi) is 2.67. The molecule has 1 aliphatic rings. The van der Waals surface area contributed by atoms with Gasteiger partial charge in [-0.1, -0.05) is 12.1 Å². The number of hydrogen-bond acceptors (Lipinski definition) is 3. The van der Waals surface area contributed by atoms with Crippen molar-refractivity contribution in [3.63, 3.8) is 0 Å². The zero-order chi connectivity index (χ0) is 11.8. The monoisotopic (exact) mass is 291 g/mol. The van der Waals surface area contributed by atoms with Crippen molar-refractivity contribution in [2.24, 2.45) is 0 Å². The van der Waals surface area contributed by atoms with Gasteiger partial charge in [0, 0.05) is 40.2 Å². The molecule has 2 aromatic rings. The van der Waals surface area contributed by atoms with E-state index in [1.54, 1.807) is 0 Å². The van der Waals surface area contributed by atoms with Gasteiger partial charge < -0.3 is 10.6 Å². The number of nitrogens with zero attached hydrogens (tertiary/aromatic N) is 2. The van der Waals surface area contributed by atoms with E-state index in [1.165, 1.54) is 12.8 Å². The number of nitrogen functional groups attached to an aromatic ring is 1. The van der Waals surface area contributed by atoms with Crippen LogP contribution in [0, 0.1) is 0 Å². The number of benzene rings is 1. The number of fused-ring (bicyclic) bond motifs is 1. The van der Waals surface area contributed by atoms with E-state index in [-0.39, 0.29) is 0 Å². The molecule has 88 valence electrons. The lowest BCUT2D eigenvalue weighted by molar-refractivity contribution is 0.945. The molecule has 0 unspecified atom stereocenters. The van der Waals surface area contributed by atoms with E-state index in [9.17, 15) is 0 Å². The standard InChI is InChI=1S/C13H14BrN3/c14-10-8-16-13(17-6-1-2-7-17)12-9(10)4-3-5-11(12)15/h3-5,8H,1-2,6-7,15H2. The van der Waals surface area contributed by atoms with Gasteiger partial charge in [-0.3, -0.25) is 0 Å². The van der Waals surface area contributed by atoms with Gasteiger partial charge in [-0.05, 0) is 34.8 Å². The lowest BCUT2D eigenvalue weighted by atomic mass is 10.1. The number of hydrogen-bond donors (Lipinski definition) is 1. The minimum Gasteiger partial charge on any atom is -0.398 e. The van der Waals surface area contributed by atoms with E-state index >= 15 is 0 Å². The van der Waals surface area contributed by atoms with Crippen LogP contribution < -0.4 is 10.6 Å². The quantitative estimate of drug-likeness (QED) is 0.821. The molecule has 1 saturated heterocycles. The molecule has 0 saturated carbocycles. The molecule has 1 fully saturated rings. The van der Waals surface area contributed by atoms with E-state index in [1.807, 2.05) is 18.3 Å². The average molecular weight is 292 g/mol. The molecule has 1 aliphatic heterocycles. The third-order valence-corrected chi connectivity index (χ3v) is 3.92. The van der Waals surface area contributed by atoms with Gasteiger partial charge in [0.1, 0.15) is 5.82 Å². The highest BCUT2D eigenvalue weighted by atomic mass is 79.9. The molecule has 0 spiro atoms. The molecule has 0 aliphatic carbocycles. The van der Waals surface area contributed by atoms with Gasteiger partial charge in [0.05, 0.1) is 0 Å². The summed E-state index contributed by atoms with van der Waals surface area (Å²) in [6.07, 6.45) is 4.35. The highest BCUT2D eigenvalue weighted by molar-refractivity contribution is 9.10. The van der Waals surface area contributed by atoms with Gasteiger partial charge in [0.2, 0.25) is 0 Å². The smallest absolute Gasteiger partial charge is 0.138 e. The molecule has 0 atom stereocenters. The van der Waals surface area contributed by atoms with Gasteiger partial charge >= 0.3 is 0 Å². The first-order valence-corrected chi connectivity index (χ1v) is 6.64. The van der Waals surface area contributed by atoms with Crippen molar-refractivity contribution in [1.29, 1.82) is 0 Å². The third-order valence-electron chi connectivity index (χ3n) is 3.28. The van der Waals surface area contributed by atoms with Crippen LogP contribution in [0.4, 0.5) is 11.5 Å². The average Bonchev–Trinajstić information content (AvgIpc) is 2.84. The molecule has 3 nitrogen and oxygen atoms in total. The molecule has 2 heterocycles. The van der Waals surface area contributed by atoms with E-state index in [0.29, 0.717) is 0 Å². The summed E-state index contributed by atoms with van der Waals surface area (Å²) in [6, 6.07) is 6.00. The number of aromatic nitrogens is 1. The highest BCUT2D eigenvalue weighted by Crippen LogP contribution is 2.35. The Hall–Kier alpha value is -1.29. The first-order valence-electron chi connectivity index (χ1n) is 5.85. The van der Waals surface area contributed by atoms with Crippen molar-refractivity contribution in [2.75, 3.05) is 23.7 Å². The van der Waals surface area contributed by atoms with Crippen molar-refractivity contribution in [3.05, 3.63) is 28.9 Å². The van der Waals surface area contributed by atoms with Gasteiger partial charge in [-0.2, -0.15) is 0 Å². The molecule has 17 heavy (non-hydrogen) atoms. The normalized spacial score (nSPS) is 15.7. The van der Waals surface area contributed by atoms with E-state index in [4.69, 9.17) is 5.73 Å². The Balaban J connectivity index is 2.27. The van der Waals surface area contributed by atoms with Crippen LogP contribution >= 0.6 is 15.9 Å². The Labute approximate surface area is 109 Å². The van der Waals surface area contributed by atoms with Crippen LogP contribution in [-0.4, -0.2) is 18.1 Å². The van der Waals surface area contributed by atoms with Crippen molar-refractivity contribution in [2.45, 2.75) is 12.8 Å². The number of pyridine rings is 1. The van der Waals surface area contributed by atoms with Crippen molar-refractivity contribution in [1.82, 2.24) is 4.98 Å². The molecule has 0 radical (unpaired) electrons. The first-order chi connectivity index (χ1) is 8.27. The van der Waals surface area contributed by atoms with Crippen LogP contribution in [0.1, 0.15) is 12.8 Å². The Morgan fingerprint density at radius 3 is 2.76 bits per heavy atom. The molecular formula is C13H14BrN3. The Morgan fingerprint density at radius 2 is 2.00 bits per heavy atom. The second-order valence-corrected chi connectivity index (χ2v) is 5.25. The summed E-state index contributed by atoms with van der Waals surface area (Å²) < 4.78 is 1.00. The van der Waals surface area contributed by atoms with E-state index < -0.39 is 0 Å². The van der Waals surface area contributed by atoms with E-state index in [2.05, 4.69) is 31.9 Å². The number of rotatable bonds is 1. The zero-order valence-electron chi connectivity index (χ0n) is 9.49. The SMILES string of the molecule is Nc1cccc2c(Br)cnc(N3CCCC3)c12. The minimum atomic E-state index is 0.804. The predicted molar refractivity (Wildman–Crippen MR) is 75.3 cm³/mol. The summed E-state index contributed by atoms with van der Waals surface area (Å²) in [6.45, 7) is 2.16. The zero-order valence-corrected chi connectivity index (χ0v) is 11.1. The summed E-state index contributed by atoms with van der Waals surface area (Å²) in [7, 11) is 0. The maximum atomic E-state index is 6.11. The fourth-order valence-electron chi connectivity index (χ4n) is 2.44. The van der Waals surface area contributed by atoms with Gasteiger partial charge in [-0.25, -0.2) is 4.98 Å². The molecule has 4 heteroatoms. The first kappa shape index (κ1) is 10.8. The fraction of sp³-hybridized carbons (Fsp3) is 0.308. The van der Waals surface area contributed by atoms with Crippen LogP contribution in [0.2, 0.25) is 0 Å². The molecule has 1 aromatic carbocycles. The van der Waals surface area contributed by atoms with Gasteiger partial charge in [-0.15, -0.1) is 0 Å². The maximum Gasteiger partial charge on any atom is 0.138 e. The Morgan fingerprint density at radius 1 is 1.24 bits per heavy atom. The lowest BCUT2D eigenvalue weighted by Gasteiger charge is -2.19. The predicted octanol–water partition coefficient (Wildman–Crippen LogP) is 3.18. The molecule has 0 bridgehead atoms. The summed E-state index contributed by atoms with van der Waals surface area (Å²) in [4.78, 5) is 6.87. The largest absolute Gasteiger partial charge is 0.398 e. The lowest BCUT2D eigenvalue weighted by Crippen LogP contribution is -2.19. The van der Waals surface area contributed by atoms with Crippen LogP contribution in [0.15, 0.2) is 28.9 Å². The summed E-state index contributed by atoms with van der Waals surface area (Å²) >= 11 is 3.54. The highest BCUT2D eigenvalue weighted by Gasteiger charge is 2.18. The molecular weight excluding hydrogens is 278 g/mol. The van der Waals surface area contributed by atoms with Crippen LogP contribution in [0.5, 0.6) is 0 Å². The Bertz CT molecular complexity index is 562. The van der Waals surface area contributed by atoms with E-state index in [0.717, 1.165) is 39.8 Å². The van der Waals surface area contributed by atoms with Crippen molar-refractivity contribution < 1.29 is 0 Å². The third kappa shape index (κ3) is 1.76. The molecule has 2 N–H and O–H groups in total. The van der Waals surface area contributed by atoms with Crippen LogP contribution in [-0.2, 0) is 0 Å². The van der Waals surface area contributed by atoms with Crippen molar-refractivity contribution >= 4 is 38.2 Å². The van der Waals surface area contributed by atoms with Crippen molar-refractivity contribution in [3.8, 4) is 0 Å². The summed E-state index contributed by atoms with van der Waals surface area (Å²) in [5, 5.41) is 2.21. The topological polar surface area (TPSA) is 42.1 Å². The fourth-order valence-corrected chi connectivity index (χ4v) is 2.87. The second kappa shape index (κ2) is 4.18. The summed E-state index contributed by atoms with van der Waals surface area (Å²) in [5.41, 5.74) is 6.91. The molecule has 0 amide bonds.